The second-order valence-electron chi connectivity index (χ2n) is 3.31. The van der Waals surface area contributed by atoms with Crippen molar-refractivity contribution in [3.8, 4) is 0 Å². The van der Waals surface area contributed by atoms with Gasteiger partial charge in [-0.1, -0.05) is 35.3 Å². The van der Waals surface area contributed by atoms with Crippen molar-refractivity contribution < 1.29 is 0 Å². The first-order valence-electron chi connectivity index (χ1n) is 4.84. The highest BCUT2D eigenvalue weighted by Gasteiger charge is 2.03. The summed E-state index contributed by atoms with van der Waals surface area (Å²) < 4.78 is 0. The monoisotopic (exact) mass is 252 g/mol. The summed E-state index contributed by atoms with van der Waals surface area (Å²) in [5.41, 5.74) is 1.93. The molecule has 0 aliphatic rings. The molecule has 1 aromatic carbocycles. The molecule has 2 aromatic rings. The topological polar surface area (TPSA) is 24.9 Å². The molecule has 16 heavy (non-hydrogen) atoms. The van der Waals surface area contributed by atoms with Crippen LogP contribution in [0.15, 0.2) is 42.7 Å². The second-order valence-corrected chi connectivity index (χ2v) is 4.09. The summed E-state index contributed by atoms with van der Waals surface area (Å²) in [6.07, 6.45) is 3.50. The van der Waals surface area contributed by atoms with Crippen LogP contribution in [-0.2, 0) is 6.54 Å². The van der Waals surface area contributed by atoms with Gasteiger partial charge in [0.1, 0.15) is 0 Å². The Kier molecular flexibility index (Phi) is 3.65. The zero-order chi connectivity index (χ0) is 11.4. The third kappa shape index (κ3) is 2.65. The maximum atomic E-state index is 6.07. The molecule has 0 amide bonds. The summed E-state index contributed by atoms with van der Waals surface area (Å²) in [5.74, 6) is 0. The van der Waals surface area contributed by atoms with Gasteiger partial charge >= 0.3 is 0 Å². The number of halogens is 2. The van der Waals surface area contributed by atoms with Crippen molar-refractivity contribution in [1.82, 2.24) is 4.98 Å². The van der Waals surface area contributed by atoms with Crippen LogP contribution in [0.25, 0.3) is 0 Å². The lowest BCUT2D eigenvalue weighted by Gasteiger charge is -2.08. The van der Waals surface area contributed by atoms with Gasteiger partial charge in [-0.3, -0.25) is 4.98 Å². The minimum Gasteiger partial charge on any atom is -0.380 e. The number of pyridine rings is 1. The fourth-order valence-corrected chi connectivity index (χ4v) is 1.74. The molecule has 0 saturated heterocycles. The first-order chi connectivity index (χ1) is 7.77. The highest BCUT2D eigenvalue weighted by molar-refractivity contribution is 6.42. The van der Waals surface area contributed by atoms with Crippen LogP contribution in [0.1, 0.15) is 5.56 Å². The van der Waals surface area contributed by atoms with Gasteiger partial charge in [0.05, 0.1) is 15.7 Å². The molecule has 1 N–H and O–H groups in total. The normalized spacial score (nSPS) is 10.1. The van der Waals surface area contributed by atoms with Crippen LogP contribution in [0.3, 0.4) is 0 Å². The van der Waals surface area contributed by atoms with Crippen molar-refractivity contribution in [2.75, 3.05) is 5.32 Å². The van der Waals surface area contributed by atoms with Gasteiger partial charge in [-0.2, -0.15) is 0 Å². The van der Waals surface area contributed by atoms with Gasteiger partial charge in [-0.05, 0) is 23.8 Å². The van der Waals surface area contributed by atoms with E-state index >= 15 is 0 Å². The number of hydrogen-bond donors (Lipinski definition) is 1. The Bertz CT molecular complexity index is 472. The maximum Gasteiger partial charge on any atom is 0.0642 e. The van der Waals surface area contributed by atoms with E-state index in [9.17, 15) is 0 Å². The predicted molar refractivity (Wildman–Crippen MR) is 68.0 cm³/mol. The van der Waals surface area contributed by atoms with E-state index in [0.29, 0.717) is 16.6 Å². The van der Waals surface area contributed by atoms with Gasteiger partial charge in [0.25, 0.3) is 0 Å². The largest absolute Gasteiger partial charge is 0.380 e. The van der Waals surface area contributed by atoms with Crippen molar-refractivity contribution in [2.24, 2.45) is 0 Å². The van der Waals surface area contributed by atoms with Crippen LogP contribution in [0.4, 0.5) is 5.69 Å². The standard InChI is InChI=1S/C12H10Cl2N2/c13-11-5-1-3-9(12(11)14)7-16-10-4-2-6-15-8-10/h1-6,8,16H,7H2. The van der Waals surface area contributed by atoms with Crippen LogP contribution < -0.4 is 5.32 Å². The number of aromatic nitrogens is 1. The van der Waals surface area contributed by atoms with E-state index in [-0.39, 0.29) is 0 Å². The third-order valence-corrected chi connectivity index (χ3v) is 3.03. The zero-order valence-corrected chi connectivity index (χ0v) is 9.96. The van der Waals surface area contributed by atoms with E-state index in [1.807, 2.05) is 24.3 Å². The first kappa shape index (κ1) is 11.2. The Balaban J connectivity index is 2.08. The van der Waals surface area contributed by atoms with E-state index in [1.54, 1.807) is 18.5 Å². The summed E-state index contributed by atoms with van der Waals surface area (Å²) in [6.45, 7) is 0.630. The van der Waals surface area contributed by atoms with Crippen LogP contribution in [0.5, 0.6) is 0 Å². The molecule has 0 atom stereocenters. The first-order valence-corrected chi connectivity index (χ1v) is 5.60. The van der Waals surface area contributed by atoms with Gasteiger partial charge in [0.15, 0.2) is 0 Å². The average Bonchev–Trinajstić information content (AvgIpc) is 2.32. The average molecular weight is 253 g/mol. The van der Waals surface area contributed by atoms with Crippen LogP contribution in [0.2, 0.25) is 10.0 Å². The third-order valence-electron chi connectivity index (χ3n) is 2.18. The predicted octanol–water partition coefficient (Wildman–Crippen LogP) is 4.00. The molecule has 2 nitrogen and oxygen atoms in total. The van der Waals surface area contributed by atoms with Crippen LogP contribution >= 0.6 is 23.2 Å². The molecular weight excluding hydrogens is 243 g/mol. The molecule has 0 radical (unpaired) electrons. The highest BCUT2D eigenvalue weighted by Crippen LogP contribution is 2.25. The SMILES string of the molecule is Clc1cccc(CNc2cccnc2)c1Cl. The molecule has 0 spiro atoms. The molecule has 0 unspecified atom stereocenters. The molecule has 0 fully saturated rings. The van der Waals surface area contributed by atoms with Crippen LogP contribution in [0, 0.1) is 0 Å². The summed E-state index contributed by atoms with van der Waals surface area (Å²) in [5, 5.41) is 4.40. The number of anilines is 1. The number of rotatable bonds is 3. The van der Waals surface area contributed by atoms with Gasteiger partial charge in [0.2, 0.25) is 0 Å². The molecular formula is C12H10Cl2N2. The number of hydrogen-bond acceptors (Lipinski definition) is 2. The van der Waals surface area contributed by atoms with Gasteiger partial charge in [-0.25, -0.2) is 0 Å². The van der Waals surface area contributed by atoms with Crippen molar-refractivity contribution in [3.63, 3.8) is 0 Å². The molecule has 0 aliphatic carbocycles. The smallest absolute Gasteiger partial charge is 0.0642 e. The lowest BCUT2D eigenvalue weighted by molar-refractivity contribution is 1.14. The quantitative estimate of drug-likeness (QED) is 0.894. The summed E-state index contributed by atoms with van der Waals surface area (Å²) in [4.78, 5) is 4.02. The lowest BCUT2D eigenvalue weighted by atomic mass is 10.2. The Morgan fingerprint density at radius 2 is 2.00 bits per heavy atom. The molecule has 1 heterocycles. The van der Waals surface area contributed by atoms with E-state index in [0.717, 1.165) is 11.3 Å². The number of nitrogens with zero attached hydrogens (tertiary/aromatic N) is 1. The summed E-state index contributed by atoms with van der Waals surface area (Å²) in [6, 6.07) is 9.43. The Labute approximate surface area is 104 Å². The number of benzene rings is 1. The highest BCUT2D eigenvalue weighted by atomic mass is 35.5. The Hall–Kier alpha value is -1.25. The molecule has 0 saturated carbocycles. The number of nitrogens with one attached hydrogen (secondary N) is 1. The van der Waals surface area contributed by atoms with Gasteiger partial charge in [0, 0.05) is 18.9 Å². The fourth-order valence-electron chi connectivity index (χ4n) is 1.35. The minimum atomic E-state index is 0.576. The van der Waals surface area contributed by atoms with Crippen molar-refractivity contribution in [2.45, 2.75) is 6.54 Å². The van der Waals surface area contributed by atoms with E-state index in [4.69, 9.17) is 23.2 Å². The Morgan fingerprint density at radius 1 is 1.12 bits per heavy atom. The van der Waals surface area contributed by atoms with Gasteiger partial charge in [-0.15, -0.1) is 0 Å². The minimum absolute atomic E-state index is 0.576. The van der Waals surface area contributed by atoms with Crippen molar-refractivity contribution in [3.05, 3.63) is 58.3 Å². The van der Waals surface area contributed by atoms with E-state index in [1.165, 1.54) is 0 Å². The molecule has 1 aromatic heterocycles. The van der Waals surface area contributed by atoms with E-state index < -0.39 is 0 Å². The Morgan fingerprint density at radius 3 is 2.75 bits per heavy atom. The summed E-state index contributed by atoms with van der Waals surface area (Å²) in [7, 11) is 0. The molecule has 4 heteroatoms. The van der Waals surface area contributed by atoms with E-state index in [2.05, 4.69) is 10.3 Å². The molecule has 82 valence electrons. The summed E-state index contributed by atoms with van der Waals surface area (Å²) >= 11 is 12.0. The molecule has 0 aliphatic heterocycles. The molecule has 0 bridgehead atoms. The van der Waals surface area contributed by atoms with Crippen molar-refractivity contribution in [1.29, 1.82) is 0 Å². The zero-order valence-electron chi connectivity index (χ0n) is 8.45. The lowest BCUT2D eigenvalue weighted by Crippen LogP contribution is -2.00. The molecule has 2 rings (SSSR count). The van der Waals surface area contributed by atoms with Crippen LogP contribution in [-0.4, -0.2) is 4.98 Å². The van der Waals surface area contributed by atoms with Crippen molar-refractivity contribution >= 4 is 28.9 Å². The second kappa shape index (κ2) is 5.19. The maximum absolute atomic E-state index is 6.07. The fraction of sp³-hybridized carbons (Fsp3) is 0.0833. The van der Waals surface area contributed by atoms with Gasteiger partial charge < -0.3 is 5.32 Å².